The third-order valence-corrected chi connectivity index (χ3v) is 16.5. The Hall–Kier alpha value is -7.96. The second kappa shape index (κ2) is 26.5. The third kappa shape index (κ3) is 13.0. The van der Waals surface area contributed by atoms with Crippen LogP contribution in [0.1, 0.15) is 128 Å². The minimum absolute atomic E-state index is 0.00130. The molecule has 83 heavy (non-hydrogen) atoms. The molecule has 2 unspecified atom stereocenters. The van der Waals surface area contributed by atoms with E-state index in [-0.39, 0.29) is 24.4 Å². The smallest absolute Gasteiger partial charge is 0.303 e. The highest BCUT2D eigenvalue weighted by molar-refractivity contribution is 6.21. The molecule has 6 aliphatic rings. The molecule has 1 aromatic heterocycles. The number of nitrogens with one attached hydrogen (secondary N) is 2. The van der Waals surface area contributed by atoms with Gasteiger partial charge in [-0.3, -0.25) is 4.79 Å². The van der Waals surface area contributed by atoms with Crippen molar-refractivity contribution in [1.82, 2.24) is 20.6 Å². The number of benzene rings is 3. The molecule has 0 saturated carbocycles. The number of carbonyl (C=O) groups is 1. The molecular weight excluding hydrogens is 1040 g/mol. The van der Waals surface area contributed by atoms with Crippen molar-refractivity contribution in [3.8, 4) is 23.3 Å². The van der Waals surface area contributed by atoms with Crippen LogP contribution < -0.4 is 20.1 Å². The van der Waals surface area contributed by atoms with Crippen LogP contribution in [0.3, 0.4) is 0 Å². The fourth-order valence-electron chi connectivity index (χ4n) is 11.9. The number of fused-ring (bicyclic) bond motifs is 6. The molecule has 3 aromatic carbocycles. The number of carboxylic acid groups (broad SMARTS) is 1. The van der Waals surface area contributed by atoms with Gasteiger partial charge in [-0.25, -0.2) is 24.9 Å². The van der Waals surface area contributed by atoms with Crippen LogP contribution in [0.15, 0.2) is 173 Å². The molecule has 3 N–H and O–H groups in total. The Kier molecular flexibility index (Phi) is 18.6. The number of aliphatic carboxylic acids is 1. The predicted molar refractivity (Wildman–Crippen MR) is 329 cm³/mol. The minimum Gasteiger partial charge on any atom is -0.487 e. The highest BCUT2D eigenvalue weighted by Crippen LogP contribution is 2.47. The minimum atomic E-state index is -0.807. The molecule has 10 rings (SSSR count). The highest BCUT2D eigenvalue weighted by atomic mass is 16.5. The third-order valence-electron chi connectivity index (χ3n) is 16.5. The molecular formula is C69H77N7O7. The second-order valence-corrected chi connectivity index (χ2v) is 22.1. The molecule has 14 heteroatoms. The molecule has 430 valence electrons. The van der Waals surface area contributed by atoms with Crippen LogP contribution in [0.5, 0.6) is 11.5 Å². The molecule has 0 amide bonds. The summed E-state index contributed by atoms with van der Waals surface area (Å²) in [4.78, 5) is 37.7. The lowest BCUT2D eigenvalue weighted by molar-refractivity contribution is -0.137. The number of ether oxygens (including phenoxy) is 5. The van der Waals surface area contributed by atoms with Crippen molar-refractivity contribution in [2.45, 2.75) is 119 Å². The maximum Gasteiger partial charge on any atom is 0.303 e. The van der Waals surface area contributed by atoms with Gasteiger partial charge in [0, 0.05) is 115 Å². The first-order valence-electron chi connectivity index (χ1n) is 29.4. The summed E-state index contributed by atoms with van der Waals surface area (Å²) < 4.78 is 29.1. The van der Waals surface area contributed by atoms with Crippen molar-refractivity contribution in [3.63, 3.8) is 0 Å². The maximum atomic E-state index is 12.3. The van der Waals surface area contributed by atoms with E-state index in [4.69, 9.17) is 43.6 Å². The van der Waals surface area contributed by atoms with E-state index in [1.807, 2.05) is 24.3 Å². The maximum absolute atomic E-state index is 12.3. The molecule has 3 atom stereocenters. The zero-order valence-corrected chi connectivity index (χ0v) is 49.6. The van der Waals surface area contributed by atoms with Gasteiger partial charge >= 0.3 is 5.97 Å². The summed E-state index contributed by atoms with van der Waals surface area (Å²) in [6.07, 6.45) is 15.0. The summed E-state index contributed by atoms with van der Waals surface area (Å²) in [5.74, 6) is 7.10. The van der Waals surface area contributed by atoms with E-state index in [0.29, 0.717) is 70.3 Å². The monoisotopic (exact) mass is 1120 g/mol. The molecule has 5 aliphatic heterocycles. The van der Waals surface area contributed by atoms with Gasteiger partial charge in [0.15, 0.2) is 11.5 Å². The number of hydrogen-bond acceptors (Lipinski definition) is 13. The van der Waals surface area contributed by atoms with E-state index in [1.165, 1.54) is 18.4 Å². The zero-order valence-electron chi connectivity index (χ0n) is 49.6. The molecule has 8 bridgehead atoms. The number of unbranched alkanes of at least 4 members (excludes halogenated alkanes) is 3. The van der Waals surface area contributed by atoms with Gasteiger partial charge in [-0.1, -0.05) is 76.1 Å². The van der Waals surface area contributed by atoms with Crippen molar-refractivity contribution in [2.75, 3.05) is 47.3 Å². The van der Waals surface area contributed by atoms with Crippen molar-refractivity contribution in [1.29, 1.82) is 0 Å². The molecule has 1 fully saturated rings. The van der Waals surface area contributed by atoms with E-state index >= 15 is 0 Å². The predicted octanol–water partition coefficient (Wildman–Crippen LogP) is 12.7. The van der Waals surface area contributed by atoms with E-state index in [2.05, 4.69) is 131 Å². The summed E-state index contributed by atoms with van der Waals surface area (Å²) in [6.45, 7) is 18.1. The van der Waals surface area contributed by atoms with Gasteiger partial charge in [0.05, 0.1) is 64.8 Å². The molecule has 14 nitrogen and oxygen atoms in total. The van der Waals surface area contributed by atoms with E-state index in [1.54, 1.807) is 20.5 Å². The van der Waals surface area contributed by atoms with Gasteiger partial charge in [0.1, 0.15) is 19.5 Å². The number of rotatable bonds is 24. The average molecular weight is 1120 g/mol. The number of aliphatic imine (C=N–C) groups is 3. The number of methoxy groups -OCH3 is 2. The highest BCUT2D eigenvalue weighted by Gasteiger charge is 2.41. The fraction of sp³-hybridized carbons (Fsp3) is 0.391. The summed E-state index contributed by atoms with van der Waals surface area (Å²) in [6, 6.07) is 20.5. The Labute approximate surface area is 488 Å². The van der Waals surface area contributed by atoms with E-state index < -0.39 is 5.97 Å². The van der Waals surface area contributed by atoms with Crippen molar-refractivity contribution in [3.05, 3.63) is 186 Å². The number of carboxylic acids is 1. The topological polar surface area (TPSA) is 170 Å². The fourth-order valence-corrected chi connectivity index (χ4v) is 11.9. The summed E-state index contributed by atoms with van der Waals surface area (Å²) >= 11 is 0. The molecule has 0 spiro atoms. The van der Waals surface area contributed by atoms with E-state index in [0.717, 1.165) is 143 Å². The number of hydrogen-bond donors (Lipinski definition) is 3. The average Bonchev–Trinajstić information content (AvgIpc) is 4.47. The van der Waals surface area contributed by atoms with Crippen LogP contribution in [-0.4, -0.2) is 91.5 Å². The standard InChI is InChI=1S/C69H77N7O7/c1-10-12-13-14-26-81-45(7)66-43(5)56-35-55-42(4)51(24-25-65(77)78)68(75-55)53-33-61(67-44(6)57(76-69(53)67)36-60-50(11-2)41(3)54(73-60)37-62(66)74-56)70-39-48-22-19-46(20-23-48)18-21-47-16-15-17-49(31-47)32-58-52-34-63(82-29-27-79-8)64(83-30-28-80-9)38-59(52)72-40-71-58/h15-17,19-20,22-23,31,34-38,40,42,45,51,70,75H,10-14,24-30,32-33,39H2,1-9H3,(H,77,78)/t42?,45?,51-/m0/s1. The molecule has 1 aliphatic carbocycles. The number of allylic oxidation sites excluding steroid dienone is 11. The Bertz CT molecular complexity index is 3630. The molecule has 6 heterocycles. The summed E-state index contributed by atoms with van der Waals surface area (Å²) in [7, 11) is 3.28. The number of nitrogens with zero attached hydrogens (tertiary/aromatic N) is 5. The van der Waals surface area contributed by atoms with Crippen molar-refractivity contribution >= 4 is 34.0 Å². The van der Waals surface area contributed by atoms with Gasteiger partial charge in [-0.15, -0.1) is 0 Å². The Balaban J connectivity index is 0.910. The van der Waals surface area contributed by atoms with Gasteiger partial charge in [-0.2, -0.15) is 0 Å². The van der Waals surface area contributed by atoms with Crippen LogP contribution in [0.25, 0.3) is 10.9 Å². The van der Waals surface area contributed by atoms with Crippen LogP contribution in [-0.2, 0) is 32.0 Å². The molecule has 1 saturated heterocycles. The summed E-state index contributed by atoms with van der Waals surface area (Å²) in [5.41, 5.74) is 21.9. The normalized spacial score (nSPS) is 18.5. The first-order chi connectivity index (χ1) is 40.3. The van der Waals surface area contributed by atoms with Crippen LogP contribution >= 0.6 is 0 Å². The lowest BCUT2D eigenvalue weighted by atomic mass is 9.86. The Morgan fingerprint density at radius 3 is 2.29 bits per heavy atom. The van der Waals surface area contributed by atoms with Gasteiger partial charge < -0.3 is 39.4 Å². The zero-order chi connectivity index (χ0) is 58.1. The largest absolute Gasteiger partial charge is 0.487 e. The van der Waals surface area contributed by atoms with Gasteiger partial charge in [0.25, 0.3) is 0 Å². The molecule has 4 aromatic rings. The van der Waals surface area contributed by atoms with Crippen LogP contribution in [0, 0.1) is 23.7 Å². The Morgan fingerprint density at radius 1 is 0.795 bits per heavy atom. The van der Waals surface area contributed by atoms with Crippen LogP contribution in [0.2, 0.25) is 0 Å². The number of aromatic nitrogens is 2. The first kappa shape index (κ1) is 58.2. The SMILES string of the molecule is CCCCCCOC(C)C1=C(C)C2=NC1=CC1=NC(=CC3=C(C)C4=C(NCc5ccc(C#Cc6cccc(Cc7ncnc8cc(OCCOC)c(OCCOC)cc78)c6)cc5)CC(=C5NC(=C2)C(C)[C@@H]5CCC(=O)O)C4=N3)C(CC)=C1C. The quantitative estimate of drug-likeness (QED) is 0.0451. The first-order valence-corrected chi connectivity index (χ1v) is 29.4. The van der Waals surface area contributed by atoms with Crippen molar-refractivity contribution in [2.24, 2.45) is 26.8 Å². The van der Waals surface area contributed by atoms with E-state index in [9.17, 15) is 9.90 Å². The lowest BCUT2D eigenvalue weighted by Crippen LogP contribution is -2.16. The van der Waals surface area contributed by atoms with Crippen LogP contribution in [0.4, 0.5) is 0 Å². The summed E-state index contributed by atoms with van der Waals surface area (Å²) in [5, 5.41) is 18.7. The Morgan fingerprint density at radius 2 is 1.54 bits per heavy atom. The second-order valence-electron chi connectivity index (χ2n) is 22.1. The lowest BCUT2D eigenvalue weighted by Gasteiger charge is -2.17. The van der Waals surface area contributed by atoms with Crippen molar-refractivity contribution < 1.29 is 33.6 Å². The van der Waals surface area contributed by atoms with Gasteiger partial charge in [-0.05, 0) is 129 Å². The van der Waals surface area contributed by atoms with Gasteiger partial charge in [0.2, 0.25) is 0 Å². The molecule has 0 radical (unpaired) electrons.